The molecule has 0 unspecified atom stereocenters. The zero-order valence-corrected chi connectivity index (χ0v) is 8.28. The number of pyridine rings is 1. The predicted molar refractivity (Wildman–Crippen MR) is 46.2 cm³/mol. The van der Waals surface area contributed by atoms with Crippen LogP contribution in [0.4, 0.5) is 13.2 Å². The van der Waals surface area contributed by atoms with Crippen molar-refractivity contribution in [1.29, 1.82) is 0 Å². The molecule has 3 nitrogen and oxygen atoms in total. The van der Waals surface area contributed by atoms with Crippen molar-refractivity contribution in [3.8, 4) is 0 Å². The lowest BCUT2D eigenvalue weighted by Crippen LogP contribution is -2.10. The first-order valence-corrected chi connectivity index (χ1v) is 4.15. The number of aromatic carboxylic acids is 1. The summed E-state index contributed by atoms with van der Waals surface area (Å²) in [4.78, 5) is 13.5. The van der Waals surface area contributed by atoms with E-state index < -0.39 is 33.6 Å². The summed E-state index contributed by atoms with van der Waals surface area (Å²) in [5, 5.41) is 6.94. The summed E-state index contributed by atoms with van der Waals surface area (Å²) in [6, 6.07) is 0.431. The largest absolute Gasteiger partial charge is 0.476 e. The molecule has 0 amide bonds. The molecule has 0 bridgehead atoms. The van der Waals surface area contributed by atoms with Gasteiger partial charge in [0.05, 0.1) is 10.6 Å². The molecule has 1 aromatic rings. The zero-order valence-electron chi connectivity index (χ0n) is 6.77. The molecule has 1 N–H and O–H groups in total. The lowest BCUT2D eigenvalue weighted by atomic mass is 10.2. The molecule has 0 aliphatic carbocycles. The number of halogens is 5. The highest BCUT2D eigenvalue weighted by Crippen LogP contribution is 2.35. The number of hydrogen-bond donors (Lipinski definition) is 1. The molecule has 0 aliphatic heterocycles. The Balaban J connectivity index is 3.39. The van der Waals surface area contributed by atoms with Crippen molar-refractivity contribution >= 4 is 29.2 Å². The lowest BCUT2D eigenvalue weighted by molar-refractivity contribution is -0.137. The summed E-state index contributed by atoms with van der Waals surface area (Å²) < 4.78 is 36.7. The van der Waals surface area contributed by atoms with E-state index in [-0.39, 0.29) is 0 Å². The van der Waals surface area contributed by atoms with Gasteiger partial charge >= 0.3 is 12.1 Å². The second-order valence-corrected chi connectivity index (χ2v) is 3.23. The van der Waals surface area contributed by atoms with Gasteiger partial charge in [0.25, 0.3) is 0 Å². The molecule has 8 heteroatoms. The molecule has 0 aromatic carbocycles. The van der Waals surface area contributed by atoms with Crippen molar-refractivity contribution in [2.75, 3.05) is 0 Å². The Morgan fingerprint density at radius 2 is 1.93 bits per heavy atom. The molecule has 0 saturated heterocycles. The standard InChI is InChI=1S/C7H2Cl2F3NO2/c8-3-1-2(7(10,11)12)5(9)13-4(3)6(14)15/h1H,(H,14,15). The van der Waals surface area contributed by atoms with Gasteiger partial charge < -0.3 is 5.11 Å². The van der Waals surface area contributed by atoms with Crippen LogP contribution in [-0.4, -0.2) is 16.1 Å². The van der Waals surface area contributed by atoms with Gasteiger partial charge in [-0.25, -0.2) is 9.78 Å². The van der Waals surface area contributed by atoms with E-state index in [2.05, 4.69) is 4.98 Å². The molecular weight excluding hydrogens is 258 g/mol. The zero-order chi connectivity index (χ0) is 11.8. The van der Waals surface area contributed by atoms with Gasteiger partial charge in [0.15, 0.2) is 5.69 Å². The molecule has 1 aromatic heterocycles. The van der Waals surface area contributed by atoms with Gasteiger partial charge in [0, 0.05) is 0 Å². The average Bonchev–Trinajstić information content (AvgIpc) is 2.06. The Morgan fingerprint density at radius 1 is 1.40 bits per heavy atom. The van der Waals surface area contributed by atoms with Crippen LogP contribution in [-0.2, 0) is 6.18 Å². The third kappa shape index (κ3) is 2.51. The summed E-state index contributed by atoms with van der Waals surface area (Å²) in [6.45, 7) is 0. The lowest BCUT2D eigenvalue weighted by Gasteiger charge is -2.09. The number of carbonyl (C=O) groups is 1. The van der Waals surface area contributed by atoms with Gasteiger partial charge in [0.2, 0.25) is 0 Å². The molecule has 0 saturated carbocycles. The molecule has 1 rings (SSSR count). The highest BCUT2D eigenvalue weighted by molar-refractivity contribution is 6.34. The summed E-state index contributed by atoms with van der Waals surface area (Å²) in [5.74, 6) is -1.55. The number of alkyl halides is 3. The van der Waals surface area contributed by atoms with E-state index in [1.165, 1.54) is 0 Å². The maximum Gasteiger partial charge on any atom is 0.419 e. The Bertz CT molecular complexity index is 419. The van der Waals surface area contributed by atoms with Gasteiger partial charge in [-0.2, -0.15) is 13.2 Å². The molecule has 0 aliphatic rings. The van der Waals surface area contributed by atoms with E-state index in [0.717, 1.165) is 0 Å². The summed E-state index contributed by atoms with van der Waals surface area (Å²) in [6.07, 6.45) is -4.72. The van der Waals surface area contributed by atoms with Crippen molar-refractivity contribution in [3.63, 3.8) is 0 Å². The van der Waals surface area contributed by atoms with E-state index >= 15 is 0 Å². The fourth-order valence-corrected chi connectivity index (χ4v) is 1.29. The number of hydrogen-bond acceptors (Lipinski definition) is 2. The summed E-state index contributed by atoms with van der Waals surface area (Å²) in [5.41, 5.74) is -1.98. The minimum atomic E-state index is -4.72. The predicted octanol–water partition coefficient (Wildman–Crippen LogP) is 3.11. The van der Waals surface area contributed by atoms with E-state index in [0.29, 0.717) is 6.07 Å². The fraction of sp³-hybridized carbons (Fsp3) is 0.143. The van der Waals surface area contributed by atoms with E-state index in [4.69, 9.17) is 28.3 Å². The van der Waals surface area contributed by atoms with Gasteiger partial charge in [-0.1, -0.05) is 23.2 Å². The van der Waals surface area contributed by atoms with Crippen molar-refractivity contribution in [1.82, 2.24) is 4.98 Å². The average molecular weight is 260 g/mol. The van der Waals surface area contributed by atoms with Crippen molar-refractivity contribution in [2.45, 2.75) is 6.18 Å². The molecule has 0 atom stereocenters. The second-order valence-electron chi connectivity index (χ2n) is 2.46. The molecular formula is C7H2Cl2F3NO2. The molecule has 0 spiro atoms. The topological polar surface area (TPSA) is 50.2 Å². The third-order valence-corrected chi connectivity index (χ3v) is 2.01. The summed E-state index contributed by atoms with van der Waals surface area (Å²) in [7, 11) is 0. The Labute approximate surface area is 91.4 Å². The SMILES string of the molecule is O=C(O)c1nc(Cl)c(C(F)(F)F)cc1Cl. The van der Waals surface area contributed by atoms with Crippen LogP contribution >= 0.6 is 23.2 Å². The van der Waals surface area contributed by atoms with Crippen LogP contribution in [0.3, 0.4) is 0 Å². The minimum absolute atomic E-state index is 0.431. The van der Waals surface area contributed by atoms with Crippen LogP contribution < -0.4 is 0 Å². The van der Waals surface area contributed by atoms with Crippen molar-refractivity contribution in [3.05, 3.63) is 27.5 Å². The first kappa shape index (κ1) is 12.1. The first-order chi connectivity index (χ1) is 6.73. The van der Waals surface area contributed by atoms with Crippen molar-refractivity contribution in [2.24, 2.45) is 0 Å². The normalized spacial score (nSPS) is 11.5. The maximum atomic E-state index is 12.2. The van der Waals surface area contributed by atoms with Crippen LogP contribution in [0, 0.1) is 0 Å². The minimum Gasteiger partial charge on any atom is -0.476 e. The fourth-order valence-electron chi connectivity index (χ4n) is 0.815. The first-order valence-electron chi connectivity index (χ1n) is 3.40. The van der Waals surface area contributed by atoms with E-state index in [1.807, 2.05) is 0 Å². The Hall–Kier alpha value is -1.01. The number of carboxylic acid groups (broad SMARTS) is 1. The van der Waals surface area contributed by atoms with Crippen LogP contribution in [0.1, 0.15) is 16.1 Å². The quantitative estimate of drug-likeness (QED) is 0.789. The smallest absolute Gasteiger partial charge is 0.419 e. The Kier molecular flexibility index (Phi) is 3.11. The molecule has 0 radical (unpaired) electrons. The highest BCUT2D eigenvalue weighted by atomic mass is 35.5. The van der Waals surface area contributed by atoms with E-state index in [1.54, 1.807) is 0 Å². The van der Waals surface area contributed by atoms with Gasteiger partial charge in [-0.05, 0) is 6.07 Å². The number of carboxylic acids is 1. The van der Waals surface area contributed by atoms with Gasteiger partial charge in [0.1, 0.15) is 5.15 Å². The number of aromatic nitrogens is 1. The highest BCUT2D eigenvalue weighted by Gasteiger charge is 2.35. The van der Waals surface area contributed by atoms with Crippen LogP contribution in [0.25, 0.3) is 0 Å². The van der Waals surface area contributed by atoms with Gasteiger partial charge in [-0.15, -0.1) is 0 Å². The van der Waals surface area contributed by atoms with Crippen molar-refractivity contribution < 1.29 is 23.1 Å². The third-order valence-electron chi connectivity index (χ3n) is 1.44. The van der Waals surface area contributed by atoms with Gasteiger partial charge in [-0.3, -0.25) is 0 Å². The van der Waals surface area contributed by atoms with Crippen LogP contribution in [0.5, 0.6) is 0 Å². The second kappa shape index (κ2) is 3.86. The maximum absolute atomic E-state index is 12.2. The molecule has 15 heavy (non-hydrogen) atoms. The summed E-state index contributed by atoms with van der Waals surface area (Å²) >= 11 is 10.5. The Morgan fingerprint density at radius 3 is 2.33 bits per heavy atom. The molecule has 0 fully saturated rings. The van der Waals surface area contributed by atoms with Crippen LogP contribution in [0.15, 0.2) is 6.07 Å². The molecule has 82 valence electrons. The number of rotatable bonds is 1. The molecule has 1 heterocycles. The van der Waals surface area contributed by atoms with Crippen LogP contribution in [0.2, 0.25) is 10.2 Å². The monoisotopic (exact) mass is 259 g/mol. The van der Waals surface area contributed by atoms with E-state index in [9.17, 15) is 18.0 Å². The number of nitrogens with zero attached hydrogens (tertiary/aromatic N) is 1.